The Balaban J connectivity index is 1.72. The van der Waals surface area contributed by atoms with E-state index in [9.17, 15) is 0 Å². The van der Waals surface area contributed by atoms with Gasteiger partial charge in [-0.05, 0) is 52.6 Å². The van der Waals surface area contributed by atoms with Gasteiger partial charge in [0.05, 0.1) is 6.54 Å². The average molecular weight is 352 g/mol. The molecule has 25 heavy (non-hydrogen) atoms. The van der Waals surface area contributed by atoms with Crippen LogP contribution in [0.25, 0.3) is 0 Å². The molecule has 2 aliphatic rings. The van der Waals surface area contributed by atoms with Gasteiger partial charge >= 0.3 is 0 Å². The van der Waals surface area contributed by atoms with Crippen molar-refractivity contribution in [3.05, 3.63) is 0 Å². The third-order valence-corrected chi connectivity index (χ3v) is 5.73. The van der Waals surface area contributed by atoms with Crippen LogP contribution in [-0.4, -0.2) is 74.2 Å². The van der Waals surface area contributed by atoms with E-state index >= 15 is 0 Å². The van der Waals surface area contributed by atoms with Crippen LogP contribution in [-0.2, 0) is 0 Å². The lowest BCUT2D eigenvalue weighted by Gasteiger charge is -2.33. The van der Waals surface area contributed by atoms with E-state index in [2.05, 4.69) is 41.3 Å². The van der Waals surface area contributed by atoms with Crippen molar-refractivity contribution in [3.8, 4) is 0 Å². The number of aliphatic imine (C=N–C) groups is 1. The molecule has 1 saturated carbocycles. The molecule has 0 atom stereocenters. The summed E-state index contributed by atoms with van der Waals surface area (Å²) >= 11 is 0. The molecule has 5 heteroatoms. The predicted octanol–water partition coefficient (Wildman–Crippen LogP) is 2.68. The highest BCUT2D eigenvalue weighted by Crippen LogP contribution is 2.21. The van der Waals surface area contributed by atoms with Crippen LogP contribution < -0.4 is 10.6 Å². The van der Waals surface area contributed by atoms with Crippen molar-refractivity contribution < 1.29 is 0 Å². The number of guanidine groups is 1. The number of piperidine rings is 1. The summed E-state index contributed by atoms with van der Waals surface area (Å²) in [7, 11) is 2.27. The SMILES string of the molecule is CCCN1CCC(NC(=NCCN(C)C2CCCCC2)NCC)CC1. The van der Waals surface area contributed by atoms with E-state index < -0.39 is 0 Å². The Bertz CT molecular complexity index is 370. The molecule has 1 aliphatic heterocycles. The van der Waals surface area contributed by atoms with Gasteiger partial charge in [-0.15, -0.1) is 0 Å². The number of hydrogen-bond donors (Lipinski definition) is 2. The van der Waals surface area contributed by atoms with Crippen LogP contribution in [0.1, 0.15) is 65.2 Å². The van der Waals surface area contributed by atoms with Crippen LogP contribution in [0.5, 0.6) is 0 Å². The van der Waals surface area contributed by atoms with Crippen LogP contribution >= 0.6 is 0 Å². The highest BCUT2D eigenvalue weighted by molar-refractivity contribution is 5.80. The van der Waals surface area contributed by atoms with Crippen LogP contribution in [0.3, 0.4) is 0 Å². The maximum atomic E-state index is 4.84. The molecule has 0 radical (unpaired) electrons. The standard InChI is InChI=1S/C20H41N5/c1-4-14-25-15-11-18(12-16-25)23-20(21-5-2)22-13-17-24(3)19-9-7-6-8-10-19/h18-19H,4-17H2,1-3H3,(H2,21,22,23). The smallest absolute Gasteiger partial charge is 0.191 e. The molecule has 2 fully saturated rings. The first-order chi connectivity index (χ1) is 12.2. The van der Waals surface area contributed by atoms with Crippen molar-refractivity contribution in [3.63, 3.8) is 0 Å². The van der Waals surface area contributed by atoms with Gasteiger partial charge in [-0.25, -0.2) is 0 Å². The second-order valence-electron chi connectivity index (χ2n) is 7.79. The third kappa shape index (κ3) is 7.53. The predicted molar refractivity (Wildman–Crippen MR) is 108 cm³/mol. The van der Waals surface area contributed by atoms with Gasteiger partial charge in [-0.3, -0.25) is 4.99 Å². The van der Waals surface area contributed by atoms with Gasteiger partial charge < -0.3 is 20.4 Å². The van der Waals surface area contributed by atoms with Gasteiger partial charge in [0.2, 0.25) is 0 Å². The molecule has 0 amide bonds. The fourth-order valence-electron chi connectivity index (χ4n) is 4.15. The summed E-state index contributed by atoms with van der Waals surface area (Å²) in [4.78, 5) is 9.94. The van der Waals surface area contributed by atoms with Crippen molar-refractivity contribution >= 4 is 5.96 Å². The summed E-state index contributed by atoms with van der Waals surface area (Å²) in [5.74, 6) is 1.01. The Morgan fingerprint density at radius 3 is 2.44 bits per heavy atom. The van der Waals surface area contributed by atoms with E-state index in [1.54, 1.807) is 0 Å². The number of likely N-dealkylation sites (N-methyl/N-ethyl adjacent to an activating group) is 1. The maximum Gasteiger partial charge on any atom is 0.191 e. The third-order valence-electron chi connectivity index (χ3n) is 5.73. The van der Waals surface area contributed by atoms with Crippen LogP contribution in [0.2, 0.25) is 0 Å². The minimum absolute atomic E-state index is 0.571. The van der Waals surface area contributed by atoms with Gasteiger partial charge in [-0.1, -0.05) is 26.2 Å². The number of hydrogen-bond acceptors (Lipinski definition) is 3. The summed E-state index contributed by atoms with van der Waals surface area (Å²) in [5, 5.41) is 7.09. The lowest BCUT2D eigenvalue weighted by Crippen LogP contribution is -2.49. The van der Waals surface area contributed by atoms with Crippen molar-refractivity contribution in [2.75, 3.05) is 46.3 Å². The molecule has 2 N–H and O–H groups in total. The van der Waals surface area contributed by atoms with Crippen molar-refractivity contribution in [1.29, 1.82) is 0 Å². The lowest BCUT2D eigenvalue weighted by atomic mass is 9.94. The Kier molecular flexibility index (Phi) is 9.63. The maximum absolute atomic E-state index is 4.84. The summed E-state index contributed by atoms with van der Waals surface area (Å²) < 4.78 is 0. The summed E-state index contributed by atoms with van der Waals surface area (Å²) in [6.07, 6.45) is 10.7. The average Bonchev–Trinajstić information content (AvgIpc) is 2.64. The number of rotatable bonds is 8. The first kappa shape index (κ1) is 20.5. The molecule has 146 valence electrons. The highest BCUT2D eigenvalue weighted by Gasteiger charge is 2.20. The molecule has 0 bridgehead atoms. The number of likely N-dealkylation sites (tertiary alicyclic amines) is 1. The second-order valence-corrected chi connectivity index (χ2v) is 7.79. The largest absolute Gasteiger partial charge is 0.357 e. The minimum atomic E-state index is 0.571. The zero-order chi connectivity index (χ0) is 17.9. The van der Waals surface area contributed by atoms with Gasteiger partial charge in [0, 0.05) is 38.3 Å². The molecule has 1 heterocycles. The minimum Gasteiger partial charge on any atom is -0.357 e. The van der Waals surface area contributed by atoms with E-state index in [-0.39, 0.29) is 0 Å². The number of nitrogens with one attached hydrogen (secondary N) is 2. The Morgan fingerprint density at radius 2 is 1.80 bits per heavy atom. The topological polar surface area (TPSA) is 42.9 Å². The molecule has 1 saturated heterocycles. The molecule has 2 rings (SSSR count). The van der Waals surface area contributed by atoms with E-state index in [1.807, 2.05) is 0 Å². The van der Waals surface area contributed by atoms with Crippen molar-refractivity contribution in [1.82, 2.24) is 20.4 Å². The summed E-state index contributed by atoms with van der Waals surface area (Å²) in [6.45, 7) is 11.0. The molecule has 0 unspecified atom stereocenters. The zero-order valence-corrected chi connectivity index (χ0v) is 16.9. The molecule has 0 spiro atoms. The molecule has 5 nitrogen and oxygen atoms in total. The highest BCUT2D eigenvalue weighted by atomic mass is 15.2. The van der Waals surface area contributed by atoms with E-state index in [0.29, 0.717) is 6.04 Å². The first-order valence-corrected chi connectivity index (χ1v) is 10.7. The van der Waals surface area contributed by atoms with Crippen LogP contribution in [0.15, 0.2) is 4.99 Å². The van der Waals surface area contributed by atoms with Gasteiger partial charge in [-0.2, -0.15) is 0 Å². The van der Waals surface area contributed by atoms with Crippen molar-refractivity contribution in [2.45, 2.75) is 77.3 Å². The fourth-order valence-corrected chi connectivity index (χ4v) is 4.15. The Morgan fingerprint density at radius 1 is 1.08 bits per heavy atom. The van der Waals surface area contributed by atoms with Crippen molar-refractivity contribution in [2.24, 2.45) is 4.99 Å². The van der Waals surface area contributed by atoms with Crippen LogP contribution in [0, 0.1) is 0 Å². The molecule has 0 aromatic rings. The fraction of sp³-hybridized carbons (Fsp3) is 0.950. The molecule has 0 aromatic heterocycles. The second kappa shape index (κ2) is 11.7. The van der Waals surface area contributed by atoms with Crippen LogP contribution in [0.4, 0.5) is 0 Å². The molecular weight excluding hydrogens is 310 g/mol. The Labute approximate surface area is 155 Å². The van der Waals surface area contributed by atoms with Gasteiger partial charge in [0.1, 0.15) is 0 Å². The quantitative estimate of drug-likeness (QED) is 0.521. The first-order valence-electron chi connectivity index (χ1n) is 10.7. The Hall–Kier alpha value is -0.810. The van der Waals surface area contributed by atoms with E-state index in [4.69, 9.17) is 4.99 Å². The molecule has 1 aliphatic carbocycles. The summed E-state index contributed by atoms with van der Waals surface area (Å²) in [6, 6.07) is 1.35. The summed E-state index contributed by atoms with van der Waals surface area (Å²) in [5.41, 5.74) is 0. The normalized spacial score (nSPS) is 21.7. The van der Waals surface area contributed by atoms with Gasteiger partial charge in [0.25, 0.3) is 0 Å². The monoisotopic (exact) mass is 351 g/mol. The lowest BCUT2D eigenvalue weighted by molar-refractivity contribution is 0.196. The zero-order valence-electron chi connectivity index (χ0n) is 16.9. The van der Waals surface area contributed by atoms with Gasteiger partial charge in [0.15, 0.2) is 5.96 Å². The molecular formula is C20H41N5. The van der Waals surface area contributed by atoms with E-state index in [0.717, 1.165) is 31.6 Å². The molecule has 0 aromatic carbocycles. The van der Waals surface area contributed by atoms with E-state index in [1.165, 1.54) is 71.0 Å². The number of nitrogens with zero attached hydrogens (tertiary/aromatic N) is 3.